The zero-order valence-electron chi connectivity index (χ0n) is 11.0. The smallest absolute Gasteiger partial charge is 0.313 e. The molecule has 0 radical (unpaired) electrons. The predicted octanol–water partition coefficient (Wildman–Crippen LogP) is 3.98. The van der Waals surface area contributed by atoms with E-state index in [0.717, 1.165) is 5.56 Å². The van der Waals surface area contributed by atoms with E-state index in [4.69, 9.17) is 16.3 Å². The minimum absolute atomic E-state index is 0.368. The van der Waals surface area contributed by atoms with E-state index in [2.05, 4.69) is 0 Å². The largest absolute Gasteiger partial charge is 0.469 e. The molecule has 0 saturated heterocycles. The highest BCUT2D eigenvalue weighted by Crippen LogP contribution is 2.24. The molecule has 2 rings (SSSR count). The van der Waals surface area contributed by atoms with Crippen LogP contribution in [0.25, 0.3) is 0 Å². The van der Waals surface area contributed by atoms with Gasteiger partial charge in [-0.15, -0.1) is 0 Å². The van der Waals surface area contributed by atoms with Crippen LogP contribution in [-0.2, 0) is 16.0 Å². The third-order valence-electron chi connectivity index (χ3n) is 3.09. The fraction of sp³-hybridized carbons (Fsp3) is 0.188. The van der Waals surface area contributed by atoms with Gasteiger partial charge in [-0.25, -0.2) is 4.39 Å². The average Bonchev–Trinajstić information content (AvgIpc) is 2.46. The molecule has 2 aromatic rings. The monoisotopic (exact) mass is 292 g/mol. The summed E-state index contributed by atoms with van der Waals surface area (Å²) in [7, 11) is 1.33. The van der Waals surface area contributed by atoms with Crippen molar-refractivity contribution < 1.29 is 13.9 Å². The van der Waals surface area contributed by atoms with E-state index in [1.54, 1.807) is 24.3 Å². The van der Waals surface area contributed by atoms with E-state index < -0.39 is 5.92 Å². The second-order valence-electron chi connectivity index (χ2n) is 4.46. The summed E-state index contributed by atoms with van der Waals surface area (Å²) in [5.74, 6) is -1.28. The summed E-state index contributed by atoms with van der Waals surface area (Å²) in [6, 6.07) is 13.2. The maximum Gasteiger partial charge on any atom is 0.313 e. The number of hydrogen-bond donors (Lipinski definition) is 0. The van der Waals surface area contributed by atoms with Gasteiger partial charge in [0, 0.05) is 5.02 Å². The Morgan fingerprint density at radius 2 is 1.95 bits per heavy atom. The molecule has 0 aromatic heterocycles. The molecule has 0 saturated carbocycles. The number of carbonyl (C=O) groups excluding carboxylic acids is 1. The molecule has 1 unspecified atom stereocenters. The summed E-state index contributed by atoms with van der Waals surface area (Å²) in [6.45, 7) is 0. The number of carbonyl (C=O) groups is 1. The first-order valence-electron chi connectivity index (χ1n) is 6.18. The molecule has 0 spiro atoms. The molecular weight excluding hydrogens is 279 g/mol. The number of ether oxygens (including phenoxy) is 1. The van der Waals surface area contributed by atoms with Gasteiger partial charge in [-0.05, 0) is 41.8 Å². The fourth-order valence-corrected chi connectivity index (χ4v) is 2.19. The van der Waals surface area contributed by atoms with Gasteiger partial charge in [0.05, 0.1) is 13.0 Å². The van der Waals surface area contributed by atoms with Gasteiger partial charge in [0.2, 0.25) is 0 Å². The Bertz CT molecular complexity index is 596. The van der Waals surface area contributed by atoms with Crippen molar-refractivity contribution in [3.63, 3.8) is 0 Å². The average molecular weight is 293 g/mol. The molecular formula is C16H14ClFO2. The third-order valence-corrected chi connectivity index (χ3v) is 3.34. The molecule has 0 fully saturated rings. The number of hydrogen-bond acceptors (Lipinski definition) is 2. The van der Waals surface area contributed by atoms with Crippen LogP contribution >= 0.6 is 11.6 Å². The molecule has 0 amide bonds. The summed E-state index contributed by atoms with van der Waals surface area (Å²) in [5.41, 5.74) is 1.54. The van der Waals surface area contributed by atoms with Gasteiger partial charge in [-0.2, -0.15) is 0 Å². The molecule has 104 valence electrons. The maximum absolute atomic E-state index is 13.3. The summed E-state index contributed by atoms with van der Waals surface area (Å²) >= 11 is 5.83. The van der Waals surface area contributed by atoms with Gasteiger partial charge >= 0.3 is 5.97 Å². The van der Waals surface area contributed by atoms with Crippen molar-refractivity contribution in [3.05, 3.63) is 70.5 Å². The Kier molecular flexibility index (Phi) is 4.74. The van der Waals surface area contributed by atoms with Crippen molar-refractivity contribution in [2.45, 2.75) is 12.3 Å². The first-order valence-corrected chi connectivity index (χ1v) is 6.55. The highest BCUT2D eigenvalue weighted by atomic mass is 35.5. The van der Waals surface area contributed by atoms with Gasteiger partial charge in [0.25, 0.3) is 0 Å². The second kappa shape index (κ2) is 6.53. The highest BCUT2D eigenvalue weighted by Gasteiger charge is 2.22. The standard InChI is InChI=1S/C16H14ClFO2/c1-20-16(19)15(12-3-2-4-14(18)10-12)9-11-5-7-13(17)8-6-11/h2-8,10,15H,9H2,1H3. The molecule has 2 nitrogen and oxygen atoms in total. The summed E-state index contributed by atoms with van der Waals surface area (Å²) < 4.78 is 18.1. The fourth-order valence-electron chi connectivity index (χ4n) is 2.06. The molecule has 0 aliphatic carbocycles. The Hall–Kier alpha value is -1.87. The van der Waals surface area contributed by atoms with E-state index in [-0.39, 0.29) is 11.8 Å². The third kappa shape index (κ3) is 3.58. The molecule has 4 heteroatoms. The van der Waals surface area contributed by atoms with Crippen LogP contribution in [0.4, 0.5) is 4.39 Å². The quantitative estimate of drug-likeness (QED) is 0.797. The van der Waals surface area contributed by atoms with Crippen LogP contribution < -0.4 is 0 Å². The predicted molar refractivity (Wildman–Crippen MR) is 76.3 cm³/mol. The number of rotatable bonds is 4. The Morgan fingerprint density at radius 3 is 2.55 bits per heavy atom. The molecule has 1 atom stereocenters. The first kappa shape index (κ1) is 14.5. The van der Waals surface area contributed by atoms with Crippen LogP contribution in [0.5, 0.6) is 0 Å². The van der Waals surface area contributed by atoms with Gasteiger partial charge in [0.1, 0.15) is 5.82 Å². The lowest BCUT2D eigenvalue weighted by molar-refractivity contribution is -0.142. The highest BCUT2D eigenvalue weighted by molar-refractivity contribution is 6.30. The van der Waals surface area contributed by atoms with Gasteiger partial charge in [-0.1, -0.05) is 35.9 Å². The topological polar surface area (TPSA) is 26.3 Å². The molecule has 0 aliphatic heterocycles. The molecule has 0 bridgehead atoms. The zero-order chi connectivity index (χ0) is 14.5. The van der Waals surface area contributed by atoms with Gasteiger partial charge in [0.15, 0.2) is 0 Å². The molecule has 2 aromatic carbocycles. The van der Waals surface area contributed by atoms with Crippen molar-refractivity contribution in [1.29, 1.82) is 0 Å². The summed E-state index contributed by atoms with van der Waals surface area (Å²) in [4.78, 5) is 11.9. The Labute approximate surface area is 122 Å². The van der Waals surface area contributed by atoms with E-state index in [1.165, 1.54) is 19.2 Å². The number of halogens is 2. The van der Waals surface area contributed by atoms with Crippen LogP contribution in [0.15, 0.2) is 48.5 Å². The molecule has 0 heterocycles. The van der Waals surface area contributed by atoms with Crippen molar-refractivity contribution in [1.82, 2.24) is 0 Å². The summed E-state index contributed by atoms with van der Waals surface area (Å²) in [5, 5.41) is 0.633. The maximum atomic E-state index is 13.3. The minimum atomic E-state index is -0.531. The van der Waals surface area contributed by atoms with Crippen LogP contribution in [0.1, 0.15) is 17.0 Å². The second-order valence-corrected chi connectivity index (χ2v) is 4.90. The first-order chi connectivity index (χ1) is 9.60. The number of esters is 1. The Morgan fingerprint density at radius 1 is 1.25 bits per heavy atom. The lowest BCUT2D eigenvalue weighted by Crippen LogP contribution is -2.17. The van der Waals surface area contributed by atoms with Crippen molar-refractivity contribution in [2.75, 3.05) is 7.11 Å². The normalized spacial score (nSPS) is 11.9. The van der Waals surface area contributed by atoms with E-state index in [1.807, 2.05) is 12.1 Å². The van der Waals surface area contributed by atoms with E-state index in [9.17, 15) is 9.18 Å². The van der Waals surface area contributed by atoms with Gasteiger partial charge in [-0.3, -0.25) is 4.79 Å². The lowest BCUT2D eigenvalue weighted by atomic mass is 9.92. The molecule has 0 aliphatic rings. The van der Waals surface area contributed by atoms with Crippen molar-refractivity contribution in [2.24, 2.45) is 0 Å². The zero-order valence-corrected chi connectivity index (χ0v) is 11.7. The van der Waals surface area contributed by atoms with Crippen molar-refractivity contribution >= 4 is 17.6 Å². The SMILES string of the molecule is COC(=O)C(Cc1ccc(Cl)cc1)c1cccc(F)c1. The minimum Gasteiger partial charge on any atom is -0.469 e. The van der Waals surface area contributed by atoms with E-state index in [0.29, 0.717) is 17.0 Å². The molecule has 20 heavy (non-hydrogen) atoms. The Balaban J connectivity index is 2.28. The number of benzene rings is 2. The van der Waals surface area contributed by atoms with Crippen LogP contribution in [-0.4, -0.2) is 13.1 Å². The van der Waals surface area contributed by atoms with E-state index >= 15 is 0 Å². The van der Waals surface area contributed by atoms with Crippen molar-refractivity contribution in [3.8, 4) is 0 Å². The van der Waals surface area contributed by atoms with Crippen LogP contribution in [0, 0.1) is 5.82 Å². The van der Waals surface area contributed by atoms with Crippen LogP contribution in [0.3, 0.4) is 0 Å². The van der Waals surface area contributed by atoms with Crippen LogP contribution in [0.2, 0.25) is 5.02 Å². The molecule has 0 N–H and O–H groups in total. The lowest BCUT2D eigenvalue weighted by Gasteiger charge is -2.15. The van der Waals surface area contributed by atoms with Gasteiger partial charge < -0.3 is 4.74 Å². The summed E-state index contributed by atoms with van der Waals surface area (Å²) in [6.07, 6.45) is 0.438. The number of methoxy groups -OCH3 is 1.